The third kappa shape index (κ3) is 5.57. The number of methoxy groups -OCH3 is 1. The van der Waals surface area contributed by atoms with Crippen LogP contribution in [0.1, 0.15) is 32.0 Å². The van der Waals surface area contributed by atoms with Gasteiger partial charge >= 0.3 is 0 Å². The minimum Gasteiger partial charge on any atom is -0.383 e. The molecule has 1 aromatic heterocycles. The van der Waals surface area contributed by atoms with Crippen molar-refractivity contribution in [1.82, 2.24) is 15.5 Å². The fourth-order valence-electron chi connectivity index (χ4n) is 1.58. The summed E-state index contributed by atoms with van der Waals surface area (Å²) in [5, 5.41) is 7.25. The first-order valence-corrected chi connectivity index (χ1v) is 6.41. The molecule has 0 fully saturated rings. The van der Waals surface area contributed by atoms with E-state index in [0.717, 1.165) is 13.0 Å². The second-order valence-electron chi connectivity index (χ2n) is 4.05. The molecule has 0 aliphatic carbocycles. The Morgan fingerprint density at radius 2 is 2.22 bits per heavy atom. The second-order valence-corrected chi connectivity index (χ2v) is 4.05. The highest BCUT2D eigenvalue weighted by molar-refractivity contribution is 4.88. The van der Waals surface area contributed by atoms with Crippen molar-refractivity contribution < 1.29 is 14.0 Å². The van der Waals surface area contributed by atoms with Crippen LogP contribution in [-0.2, 0) is 22.5 Å². The Kier molecular flexibility index (Phi) is 7.55. The molecule has 6 heteroatoms. The van der Waals surface area contributed by atoms with Crippen molar-refractivity contribution in [3.8, 4) is 0 Å². The van der Waals surface area contributed by atoms with Crippen LogP contribution in [-0.4, -0.2) is 43.1 Å². The Balaban J connectivity index is 2.43. The Morgan fingerprint density at radius 1 is 1.39 bits per heavy atom. The highest BCUT2D eigenvalue weighted by Crippen LogP contribution is 2.03. The van der Waals surface area contributed by atoms with E-state index >= 15 is 0 Å². The van der Waals surface area contributed by atoms with Gasteiger partial charge in [-0.2, -0.15) is 4.98 Å². The minimum absolute atomic E-state index is 0.204. The van der Waals surface area contributed by atoms with Gasteiger partial charge in [-0.1, -0.05) is 12.1 Å². The van der Waals surface area contributed by atoms with Crippen molar-refractivity contribution >= 4 is 0 Å². The topological polar surface area (TPSA) is 69.4 Å². The van der Waals surface area contributed by atoms with Crippen LogP contribution in [0, 0.1) is 0 Å². The van der Waals surface area contributed by atoms with Gasteiger partial charge in [-0.05, 0) is 19.9 Å². The number of nitrogens with one attached hydrogen (secondary N) is 1. The molecule has 0 bridgehead atoms. The molecule has 1 unspecified atom stereocenters. The third-order valence-corrected chi connectivity index (χ3v) is 2.42. The van der Waals surface area contributed by atoms with Crippen LogP contribution in [0.25, 0.3) is 0 Å². The standard InChI is InChI=1S/C12H23N3O3/c1-4-6-13-10(8-16-3)7-12-14-11(15-18-12)9-17-5-2/h10,13H,4-9H2,1-3H3. The number of rotatable bonds is 10. The predicted molar refractivity (Wildman–Crippen MR) is 67.3 cm³/mol. The van der Waals surface area contributed by atoms with Gasteiger partial charge in [0.25, 0.3) is 0 Å². The monoisotopic (exact) mass is 257 g/mol. The zero-order chi connectivity index (χ0) is 13.2. The van der Waals surface area contributed by atoms with Gasteiger partial charge < -0.3 is 19.3 Å². The van der Waals surface area contributed by atoms with Crippen LogP contribution in [0.4, 0.5) is 0 Å². The summed E-state index contributed by atoms with van der Waals surface area (Å²) in [4.78, 5) is 4.28. The van der Waals surface area contributed by atoms with E-state index in [1.165, 1.54) is 0 Å². The summed E-state index contributed by atoms with van der Waals surface area (Å²) < 4.78 is 15.6. The van der Waals surface area contributed by atoms with Gasteiger partial charge in [-0.3, -0.25) is 0 Å². The average molecular weight is 257 g/mol. The summed E-state index contributed by atoms with van der Waals surface area (Å²) in [6.07, 6.45) is 1.76. The van der Waals surface area contributed by atoms with Gasteiger partial charge in [0, 0.05) is 26.2 Å². The van der Waals surface area contributed by atoms with Crippen LogP contribution in [0.5, 0.6) is 0 Å². The maximum Gasteiger partial charge on any atom is 0.228 e. The Labute approximate surface area is 108 Å². The fraction of sp³-hybridized carbons (Fsp3) is 0.833. The number of nitrogens with zero attached hydrogens (tertiary/aromatic N) is 2. The molecule has 0 radical (unpaired) electrons. The second kappa shape index (κ2) is 9.02. The molecule has 104 valence electrons. The van der Waals surface area contributed by atoms with Gasteiger partial charge in [0.05, 0.1) is 6.61 Å². The van der Waals surface area contributed by atoms with Crippen molar-refractivity contribution in [2.75, 3.05) is 26.9 Å². The SMILES string of the molecule is CCCNC(COC)Cc1nc(COCC)no1. The maximum absolute atomic E-state index is 5.22. The van der Waals surface area contributed by atoms with E-state index in [0.29, 0.717) is 38.0 Å². The molecule has 6 nitrogen and oxygen atoms in total. The summed E-state index contributed by atoms with van der Waals surface area (Å²) in [5.41, 5.74) is 0. The number of hydrogen-bond acceptors (Lipinski definition) is 6. The Bertz CT molecular complexity index is 317. The predicted octanol–water partition coefficient (Wildman–Crippen LogP) is 1.16. The minimum atomic E-state index is 0.204. The van der Waals surface area contributed by atoms with Gasteiger partial charge in [0.2, 0.25) is 5.89 Å². The first-order valence-electron chi connectivity index (χ1n) is 6.41. The first-order chi connectivity index (χ1) is 8.80. The highest BCUT2D eigenvalue weighted by Gasteiger charge is 2.14. The molecule has 0 saturated carbocycles. The number of aromatic nitrogens is 2. The lowest BCUT2D eigenvalue weighted by Gasteiger charge is -2.15. The lowest BCUT2D eigenvalue weighted by Crippen LogP contribution is -2.35. The van der Waals surface area contributed by atoms with Crippen LogP contribution < -0.4 is 5.32 Å². The van der Waals surface area contributed by atoms with E-state index in [1.54, 1.807) is 7.11 Å². The first kappa shape index (κ1) is 15.1. The molecule has 0 spiro atoms. The molecular formula is C12H23N3O3. The lowest BCUT2D eigenvalue weighted by atomic mass is 10.2. The summed E-state index contributed by atoms with van der Waals surface area (Å²) in [6, 6.07) is 0.204. The molecule has 18 heavy (non-hydrogen) atoms. The van der Waals surface area contributed by atoms with Gasteiger partial charge in [-0.25, -0.2) is 0 Å². The number of hydrogen-bond donors (Lipinski definition) is 1. The molecule has 0 amide bonds. The maximum atomic E-state index is 5.22. The van der Waals surface area contributed by atoms with Gasteiger partial charge in [0.15, 0.2) is 5.82 Å². The molecule has 0 aromatic carbocycles. The quantitative estimate of drug-likeness (QED) is 0.678. The fourth-order valence-corrected chi connectivity index (χ4v) is 1.58. The normalized spacial score (nSPS) is 12.8. The summed E-state index contributed by atoms with van der Waals surface area (Å²) >= 11 is 0. The van der Waals surface area contributed by atoms with E-state index in [1.807, 2.05) is 6.92 Å². The number of ether oxygens (including phenoxy) is 2. The molecule has 1 N–H and O–H groups in total. The molecule has 1 atom stereocenters. The third-order valence-electron chi connectivity index (χ3n) is 2.42. The van der Waals surface area contributed by atoms with E-state index in [2.05, 4.69) is 22.4 Å². The van der Waals surface area contributed by atoms with E-state index < -0.39 is 0 Å². The highest BCUT2D eigenvalue weighted by atomic mass is 16.5. The zero-order valence-corrected chi connectivity index (χ0v) is 11.4. The average Bonchev–Trinajstić information content (AvgIpc) is 2.81. The van der Waals surface area contributed by atoms with Crippen LogP contribution >= 0.6 is 0 Å². The summed E-state index contributed by atoms with van der Waals surface area (Å²) in [6.45, 7) is 6.69. The van der Waals surface area contributed by atoms with E-state index in [-0.39, 0.29) is 6.04 Å². The molecule has 0 aliphatic heterocycles. The molecule has 1 heterocycles. The van der Waals surface area contributed by atoms with Crippen LogP contribution in [0.15, 0.2) is 4.52 Å². The Hall–Kier alpha value is -0.980. The summed E-state index contributed by atoms with van der Waals surface area (Å²) in [7, 11) is 1.69. The summed E-state index contributed by atoms with van der Waals surface area (Å²) in [5.74, 6) is 1.22. The van der Waals surface area contributed by atoms with Crippen molar-refractivity contribution in [1.29, 1.82) is 0 Å². The van der Waals surface area contributed by atoms with Gasteiger partial charge in [-0.15, -0.1) is 0 Å². The lowest BCUT2D eigenvalue weighted by molar-refractivity contribution is 0.126. The largest absolute Gasteiger partial charge is 0.383 e. The van der Waals surface area contributed by atoms with Crippen LogP contribution in [0.2, 0.25) is 0 Å². The van der Waals surface area contributed by atoms with Crippen molar-refractivity contribution in [3.05, 3.63) is 11.7 Å². The molecule has 1 aromatic rings. The molecular weight excluding hydrogens is 234 g/mol. The molecule has 1 rings (SSSR count). The van der Waals surface area contributed by atoms with Gasteiger partial charge in [0.1, 0.15) is 6.61 Å². The van der Waals surface area contributed by atoms with Crippen molar-refractivity contribution in [2.45, 2.75) is 39.3 Å². The van der Waals surface area contributed by atoms with E-state index in [9.17, 15) is 0 Å². The smallest absolute Gasteiger partial charge is 0.228 e. The molecule has 0 saturated heterocycles. The van der Waals surface area contributed by atoms with Crippen molar-refractivity contribution in [3.63, 3.8) is 0 Å². The zero-order valence-electron chi connectivity index (χ0n) is 11.4. The van der Waals surface area contributed by atoms with Crippen LogP contribution in [0.3, 0.4) is 0 Å². The van der Waals surface area contributed by atoms with E-state index in [4.69, 9.17) is 14.0 Å². The van der Waals surface area contributed by atoms with Crippen molar-refractivity contribution in [2.24, 2.45) is 0 Å². The molecule has 0 aliphatic rings. The Morgan fingerprint density at radius 3 is 2.89 bits per heavy atom.